The van der Waals surface area contributed by atoms with Gasteiger partial charge in [0, 0.05) is 24.7 Å². The van der Waals surface area contributed by atoms with Gasteiger partial charge in [0.2, 0.25) is 0 Å². The standard InChI is InChI=1S/C13H28N2O/c1-10(2)8-15(12-6-4-5-7-12)13(9-16)11(3)14/h10-13,16H,4-9,14H2,1-3H3. The Labute approximate surface area is 100 Å². The monoisotopic (exact) mass is 228 g/mol. The van der Waals surface area contributed by atoms with Crippen LogP contribution in [0.5, 0.6) is 0 Å². The Kier molecular flexibility index (Phi) is 5.73. The Bertz CT molecular complexity index is 188. The lowest BCUT2D eigenvalue weighted by Crippen LogP contribution is -2.53. The van der Waals surface area contributed by atoms with E-state index in [4.69, 9.17) is 5.73 Å². The van der Waals surface area contributed by atoms with E-state index in [1.54, 1.807) is 0 Å². The van der Waals surface area contributed by atoms with Gasteiger partial charge >= 0.3 is 0 Å². The van der Waals surface area contributed by atoms with Crippen LogP contribution in [-0.4, -0.2) is 41.3 Å². The minimum Gasteiger partial charge on any atom is -0.395 e. The second kappa shape index (κ2) is 6.58. The van der Waals surface area contributed by atoms with Crippen LogP contribution in [0.1, 0.15) is 46.5 Å². The van der Waals surface area contributed by atoms with Crippen LogP contribution >= 0.6 is 0 Å². The van der Waals surface area contributed by atoms with Crippen molar-refractivity contribution in [1.82, 2.24) is 4.90 Å². The zero-order valence-corrected chi connectivity index (χ0v) is 11.0. The van der Waals surface area contributed by atoms with Crippen molar-refractivity contribution in [3.05, 3.63) is 0 Å². The van der Waals surface area contributed by atoms with Crippen LogP contribution in [0.15, 0.2) is 0 Å². The van der Waals surface area contributed by atoms with Gasteiger partial charge in [-0.2, -0.15) is 0 Å². The van der Waals surface area contributed by atoms with Gasteiger partial charge in [0.15, 0.2) is 0 Å². The summed E-state index contributed by atoms with van der Waals surface area (Å²) < 4.78 is 0. The summed E-state index contributed by atoms with van der Waals surface area (Å²) in [7, 11) is 0. The minimum absolute atomic E-state index is 0.0457. The summed E-state index contributed by atoms with van der Waals surface area (Å²) in [5, 5.41) is 9.52. The molecule has 0 aromatic rings. The maximum absolute atomic E-state index is 9.52. The molecule has 2 atom stereocenters. The van der Waals surface area contributed by atoms with E-state index in [9.17, 15) is 5.11 Å². The van der Waals surface area contributed by atoms with E-state index in [2.05, 4.69) is 18.7 Å². The third-order valence-electron chi connectivity index (χ3n) is 3.59. The number of hydrogen-bond acceptors (Lipinski definition) is 3. The van der Waals surface area contributed by atoms with Crippen LogP contribution in [0.3, 0.4) is 0 Å². The largest absolute Gasteiger partial charge is 0.395 e. The summed E-state index contributed by atoms with van der Waals surface area (Å²) in [5.74, 6) is 0.633. The van der Waals surface area contributed by atoms with Crippen LogP contribution in [0.4, 0.5) is 0 Å². The smallest absolute Gasteiger partial charge is 0.0601 e. The molecule has 1 saturated carbocycles. The topological polar surface area (TPSA) is 49.5 Å². The average Bonchev–Trinajstić information content (AvgIpc) is 2.68. The highest BCUT2D eigenvalue weighted by atomic mass is 16.3. The van der Waals surface area contributed by atoms with Crippen molar-refractivity contribution in [2.24, 2.45) is 11.7 Å². The van der Waals surface area contributed by atoms with Crippen LogP contribution in [0.25, 0.3) is 0 Å². The summed E-state index contributed by atoms with van der Waals surface area (Å²) in [4.78, 5) is 2.46. The van der Waals surface area contributed by atoms with Gasteiger partial charge in [0.05, 0.1) is 6.61 Å². The Morgan fingerprint density at radius 3 is 2.19 bits per heavy atom. The molecule has 2 unspecified atom stereocenters. The number of hydrogen-bond donors (Lipinski definition) is 2. The Morgan fingerprint density at radius 2 is 1.81 bits per heavy atom. The molecule has 1 aliphatic carbocycles. The zero-order valence-electron chi connectivity index (χ0n) is 11.0. The van der Waals surface area contributed by atoms with E-state index in [0.29, 0.717) is 12.0 Å². The van der Waals surface area contributed by atoms with E-state index in [1.165, 1.54) is 25.7 Å². The molecule has 3 heteroatoms. The molecule has 1 fully saturated rings. The van der Waals surface area contributed by atoms with E-state index in [-0.39, 0.29) is 18.7 Å². The zero-order chi connectivity index (χ0) is 12.1. The van der Waals surface area contributed by atoms with Crippen molar-refractivity contribution in [3.63, 3.8) is 0 Å². The first kappa shape index (κ1) is 13.9. The second-order valence-corrected chi connectivity index (χ2v) is 5.64. The molecule has 3 nitrogen and oxygen atoms in total. The molecule has 1 rings (SSSR count). The molecule has 0 bridgehead atoms. The van der Waals surface area contributed by atoms with Crippen LogP contribution in [0.2, 0.25) is 0 Å². The highest BCUT2D eigenvalue weighted by Gasteiger charge is 2.30. The lowest BCUT2D eigenvalue weighted by atomic mass is 10.0. The molecule has 0 aromatic heterocycles. The van der Waals surface area contributed by atoms with Crippen LogP contribution in [0, 0.1) is 5.92 Å². The molecule has 0 heterocycles. The fourth-order valence-corrected chi connectivity index (χ4v) is 2.79. The predicted octanol–water partition coefficient (Wildman–Crippen LogP) is 1.60. The maximum atomic E-state index is 9.52. The Balaban J connectivity index is 2.67. The normalized spacial score (nSPS) is 21.9. The summed E-state index contributed by atoms with van der Waals surface area (Å²) >= 11 is 0. The summed E-state index contributed by atoms with van der Waals surface area (Å²) in [5.41, 5.74) is 5.99. The number of aliphatic hydroxyl groups excluding tert-OH is 1. The van der Waals surface area contributed by atoms with Crippen LogP contribution < -0.4 is 5.73 Å². The molecule has 1 aliphatic rings. The van der Waals surface area contributed by atoms with Gasteiger partial charge in [-0.1, -0.05) is 26.7 Å². The van der Waals surface area contributed by atoms with Gasteiger partial charge < -0.3 is 10.8 Å². The number of nitrogens with two attached hydrogens (primary N) is 1. The molecular weight excluding hydrogens is 200 g/mol. The van der Waals surface area contributed by atoms with E-state index in [0.717, 1.165) is 6.54 Å². The Morgan fingerprint density at radius 1 is 1.25 bits per heavy atom. The fraction of sp³-hybridized carbons (Fsp3) is 1.00. The summed E-state index contributed by atoms with van der Waals surface area (Å²) in [6.07, 6.45) is 5.21. The molecule has 0 spiro atoms. The molecular formula is C13H28N2O. The van der Waals surface area contributed by atoms with Gasteiger partial charge in [-0.05, 0) is 25.7 Å². The molecule has 0 aliphatic heterocycles. The van der Waals surface area contributed by atoms with Gasteiger partial charge in [-0.15, -0.1) is 0 Å². The van der Waals surface area contributed by atoms with Gasteiger partial charge in [0.1, 0.15) is 0 Å². The first-order valence-electron chi connectivity index (χ1n) is 6.68. The van der Waals surface area contributed by atoms with Gasteiger partial charge in [-0.25, -0.2) is 0 Å². The van der Waals surface area contributed by atoms with Crippen LogP contribution in [-0.2, 0) is 0 Å². The first-order chi connectivity index (χ1) is 7.56. The lowest BCUT2D eigenvalue weighted by molar-refractivity contribution is 0.0612. The van der Waals surface area contributed by atoms with E-state index in [1.807, 2.05) is 6.92 Å². The predicted molar refractivity (Wildman–Crippen MR) is 68.3 cm³/mol. The second-order valence-electron chi connectivity index (χ2n) is 5.64. The molecule has 0 saturated heterocycles. The van der Waals surface area contributed by atoms with Crippen molar-refractivity contribution in [2.45, 2.75) is 64.6 Å². The fourth-order valence-electron chi connectivity index (χ4n) is 2.79. The molecule has 3 N–H and O–H groups in total. The third-order valence-corrected chi connectivity index (χ3v) is 3.59. The molecule has 0 radical (unpaired) electrons. The summed E-state index contributed by atoms with van der Waals surface area (Å²) in [6, 6.07) is 0.820. The average molecular weight is 228 g/mol. The number of rotatable bonds is 6. The van der Waals surface area contributed by atoms with Gasteiger partial charge in [0.25, 0.3) is 0 Å². The maximum Gasteiger partial charge on any atom is 0.0601 e. The van der Waals surface area contributed by atoms with Crippen molar-refractivity contribution in [1.29, 1.82) is 0 Å². The highest BCUT2D eigenvalue weighted by molar-refractivity contribution is 4.87. The third kappa shape index (κ3) is 3.72. The minimum atomic E-state index is 0.0457. The number of nitrogens with zero attached hydrogens (tertiary/aromatic N) is 1. The molecule has 16 heavy (non-hydrogen) atoms. The highest BCUT2D eigenvalue weighted by Crippen LogP contribution is 2.26. The van der Waals surface area contributed by atoms with Crippen molar-refractivity contribution >= 4 is 0 Å². The molecule has 0 amide bonds. The van der Waals surface area contributed by atoms with Crippen molar-refractivity contribution in [3.8, 4) is 0 Å². The molecule has 96 valence electrons. The first-order valence-corrected chi connectivity index (χ1v) is 6.68. The van der Waals surface area contributed by atoms with Gasteiger partial charge in [-0.3, -0.25) is 4.90 Å². The quantitative estimate of drug-likeness (QED) is 0.726. The van der Waals surface area contributed by atoms with E-state index < -0.39 is 0 Å². The lowest BCUT2D eigenvalue weighted by Gasteiger charge is -2.38. The number of aliphatic hydroxyl groups is 1. The van der Waals surface area contributed by atoms with E-state index >= 15 is 0 Å². The van der Waals surface area contributed by atoms with Crippen molar-refractivity contribution < 1.29 is 5.11 Å². The summed E-state index contributed by atoms with van der Waals surface area (Å²) in [6.45, 7) is 7.70. The SMILES string of the molecule is CC(C)CN(C1CCCC1)C(CO)C(C)N. The Hall–Kier alpha value is -0.120. The molecule has 0 aromatic carbocycles. The van der Waals surface area contributed by atoms with Crippen molar-refractivity contribution in [2.75, 3.05) is 13.2 Å².